The highest BCUT2D eigenvalue weighted by Crippen LogP contribution is 2.47. The highest BCUT2D eigenvalue weighted by atomic mass is 16.7. The van der Waals surface area contributed by atoms with Gasteiger partial charge in [0.15, 0.2) is 11.5 Å². The third-order valence-electron chi connectivity index (χ3n) is 5.43. The van der Waals surface area contributed by atoms with Crippen molar-refractivity contribution in [1.29, 1.82) is 0 Å². The Morgan fingerprint density at radius 3 is 2.50 bits per heavy atom. The van der Waals surface area contributed by atoms with Gasteiger partial charge in [-0.3, -0.25) is 15.0 Å². The molecule has 0 radical (unpaired) electrons. The Labute approximate surface area is 141 Å². The number of piperazine rings is 1. The van der Waals surface area contributed by atoms with Gasteiger partial charge in [-0.1, -0.05) is 12.8 Å². The van der Waals surface area contributed by atoms with Crippen LogP contribution in [-0.2, 0) is 0 Å². The molecule has 4 rings (SSSR count). The van der Waals surface area contributed by atoms with Crippen molar-refractivity contribution in [2.24, 2.45) is 5.92 Å². The van der Waals surface area contributed by atoms with Crippen LogP contribution in [0, 0.1) is 16.0 Å². The minimum Gasteiger partial charge on any atom is -0.454 e. The summed E-state index contributed by atoms with van der Waals surface area (Å²) < 4.78 is 10.8. The first-order valence-electron chi connectivity index (χ1n) is 8.77. The molecule has 1 saturated heterocycles. The van der Waals surface area contributed by atoms with E-state index in [1.54, 1.807) is 6.07 Å². The molecule has 1 aliphatic carbocycles. The maximum absolute atomic E-state index is 11.7. The Balaban J connectivity index is 1.77. The van der Waals surface area contributed by atoms with E-state index in [-0.39, 0.29) is 23.4 Å². The normalized spacial score (nSPS) is 22.7. The second-order valence-electron chi connectivity index (χ2n) is 6.80. The van der Waals surface area contributed by atoms with Gasteiger partial charge in [0.05, 0.1) is 16.6 Å². The van der Waals surface area contributed by atoms with E-state index in [9.17, 15) is 10.1 Å². The molecule has 130 valence electrons. The van der Waals surface area contributed by atoms with Crippen molar-refractivity contribution < 1.29 is 14.4 Å². The lowest BCUT2D eigenvalue weighted by atomic mass is 9.88. The Hall–Kier alpha value is -1.86. The first-order valence-corrected chi connectivity index (χ1v) is 8.77. The molecule has 24 heavy (non-hydrogen) atoms. The molecule has 1 aromatic rings. The maximum atomic E-state index is 11.7. The number of nitro groups is 1. The number of rotatable bonds is 4. The molecule has 1 atom stereocenters. The van der Waals surface area contributed by atoms with E-state index in [0.717, 1.165) is 44.6 Å². The number of nitrogens with one attached hydrogen (secondary N) is 1. The van der Waals surface area contributed by atoms with Gasteiger partial charge in [0.2, 0.25) is 6.79 Å². The van der Waals surface area contributed by atoms with Crippen molar-refractivity contribution in [2.75, 3.05) is 33.0 Å². The largest absolute Gasteiger partial charge is 0.454 e. The number of nitrogens with zero attached hydrogens (tertiary/aromatic N) is 2. The Bertz CT molecular complexity index is 625. The Morgan fingerprint density at radius 1 is 1.17 bits per heavy atom. The van der Waals surface area contributed by atoms with Crippen molar-refractivity contribution in [3.8, 4) is 11.5 Å². The fourth-order valence-corrected chi connectivity index (χ4v) is 4.32. The van der Waals surface area contributed by atoms with Gasteiger partial charge in [0, 0.05) is 32.2 Å². The van der Waals surface area contributed by atoms with E-state index in [2.05, 4.69) is 10.2 Å². The van der Waals surface area contributed by atoms with Crippen LogP contribution >= 0.6 is 0 Å². The van der Waals surface area contributed by atoms with E-state index in [4.69, 9.17) is 9.47 Å². The summed E-state index contributed by atoms with van der Waals surface area (Å²) >= 11 is 0. The van der Waals surface area contributed by atoms with Crippen molar-refractivity contribution in [2.45, 2.75) is 31.7 Å². The molecule has 0 spiro atoms. The predicted octanol–water partition coefficient (Wildman–Crippen LogP) is 2.46. The molecule has 7 heteroatoms. The summed E-state index contributed by atoms with van der Waals surface area (Å²) in [6.45, 7) is 3.85. The van der Waals surface area contributed by atoms with E-state index in [1.807, 2.05) is 6.07 Å². The average molecular weight is 333 g/mol. The van der Waals surface area contributed by atoms with Gasteiger partial charge in [-0.2, -0.15) is 0 Å². The van der Waals surface area contributed by atoms with E-state index in [0.29, 0.717) is 17.4 Å². The van der Waals surface area contributed by atoms with E-state index in [1.165, 1.54) is 12.8 Å². The number of nitro benzene ring substituents is 1. The SMILES string of the molecule is O=[N+]([O-])c1cc2c(cc1[C@H](C1CCCC1)N1CCNCC1)OCO2. The average Bonchev–Trinajstić information content (AvgIpc) is 3.26. The van der Waals surface area contributed by atoms with Gasteiger partial charge >= 0.3 is 0 Å². The first kappa shape index (κ1) is 15.7. The topological polar surface area (TPSA) is 76.9 Å². The lowest BCUT2D eigenvalue weighted by Gasteiger charge is -2.38. The Morgan fingerprint density at radius 2 is 1.83 bits per heavy atom. The van der Waals surface area contributed by atoms with Crippen LogP contribution in [0.25, 0.3) is 0 Å². The third-order valence-corrected chi connectivity index (χ3v) is 5.43. The maximum Gasteiger partial charge on any atom is 0.278 e. The van der Waals surface area contributed by atoms with Crippen molar-refractivity contribution in [3.63, 3.8) is 0 Å². The second-order valence-corrected chi connectivity index (χ2v) is 6.80. The molecule has 2 fully saturated rings. The van der Waals surface area contributed by atoms with Gasteiger partial charge in [-0.05, 0) is 24.8 Å². The standard InChI is InChI=1S/C17H23N3O4/c21-20(22)14-10-16-15(23-11-24-16)9-13(14)17(12-3-1-2-4-12)19-7-5-18-6-8-19/h9-10,12,17-18H,1-8,11H2/t17-/m0/s1. The molecule has 2 aliphatic heterocycles. The van der Waals surface area contributed by atoms with Gasteiger partial charge in [0.25, 0.3) is 5.69 Å². The lowest BCUT2D eigenvalue weighted by Crippen LogP contribution is -2.46. The summed E-state index contributed by atoms with van der Waals surface area (Å²) in [5.74, 6) is 1.59. The summed E-state index contributed by atoms with van der Waals surface area (Å²) in [6, 6.07) is 3.48. The predicted molar refractivity (Wildman–Crippen MR) is 88.4 cm³/mol. The quantitative estimate of drug-likeness (QED) is 0.674. The molecule has 0 unspecified atom stereocenters. The first-order chi connectivity index (χ1) is 11.7. The van der Waals surface area contributed by atoms with Crippen LogP contribution in [0.4, 0.5) is 5.69 Å². The molecule has 2 heterocycles. The van der Waals surface area contributed by atoms with E-state index < -0.39 is 0 Å². The molecule has 0 aromatic heterocycles. The fourth-order valence-electron chi connectivity index (χ4n) is 4.32. The zero-order chi connectivity index (χ0) is 16.5. The van der Waals surface area contributed by atoms with Gasteiger partial charge in [-0.15, -0.1) is 0 Å². The summed E-state index contributed by atoms with van der Waals surface area (Å²) in [4.78, 5) is 13.8. The Kier molecular flexibility index (Phi) is 4.28. The van der Waals surface area contributed by atoms with Crippen LogP contribution in [0.3, 0.4) is 0 Å². The number of fused-ring (bicyclic) bond motifs is 1. The van der Waals surface area contributed by atoms with E-state index >= 15 is 0 Å². The zero-order valence-electron chi connectivity index (χ0n) is 13.7. The van der Waals surface area contributed by atoms with Crippen molar-refractivity contribution in [3.05, 3.63) is 27.8 Å². The van der Waals surface area contributed by atoms with Crippen LogP contribution < -0.4 is 14.8 Å². The monoisotopic (exact) mass is 333 g/mol. The third kappa shape index (κ3) is 2.82. The highest BCUT2D eigenvalue weighted by Gasteiger charge is 2.37. The molecule has 1 saturated carbocycles. The van der Waals surface area contributed by atoms with Crippen molar-refractivity contribution >= 4 is 5.69 Å². The van der Waals surface area contributed by atoms with Crippen LogP contribution in [-0.4, -0.2) is 42.8 Å². The molecule has 0 bridgehead atoms. The van der Waals surface area contributed by atoms with Crippen molar-refractivity contribution in [1.82, 2.24) is 10.2 Å². The summed E-state index contributed by atoms with van der Waals surface area (Å²) in [5, 5.41) is 15.1. The summed E-state index contributed by atoms with van der Waals surface area (Å²) in [6.07, 6.45) is 4.71. The minimum absolute atomic E-state index is 0.0875. The van der Waals surface area contributed by atoms with Gasteiger partial charge < -0.3 is 14.8 Å². The number of benzene rings is 1. The molecule has 0 amide bonds. The van der Waals surface area contributed by atoms with Crippen LogP contribution in [0.1, 0.15) is 37.3 Å². The highest BCUT2D eigenvalue weighted by molar-refractivity contribution is 5.56. The molecule has 1 N–H and O–H groups in total. The van der Waals surface area contributed by atoms with Crippen LogP contribution in [0.2, 0.25) is 0 Å². The van der Waals surface area contributed by atoms with Gasteiger partial charge in [-0.25, -0.2) is 0 Å². The molecule has 3 aliphatic rings. The summed E-state index contributed by atoms with van der Waals surface area (Å²) in [5.41, 5.74) is 0.952. The molecule has 7 nitrogen and oxygen atoms in total. The zero-order valence-corrected chi connectivity index (χ0v) is 13.7. The van der Waals surface area contributed by atoms with Crippen LogP contribution in [0.15, 0.2) is 12.1 Å². The summed E-state index contributed by atoms with van der Waals surface area (Å²) in [7, 11) is 0. The van der Waals surface area contributed by atoms with Crippen LogP contribution in [0.5, 0.6) is 11.5 Å². The molecular weight excluding hydrogens is 310 g/mol. The lowest BCUT2D eigenvalue weighted by molar-refractivity contribution is -0.386. The smallest absolute Gasteiger partial charge is 0.278 e. The van der Waals surface area contributed by atoms with Gasteiger partial charge in [0.1, 0.15) is 0 Å². The molecule has 1 aromatic carbocycles. The molecular formula is C17H23N3O4. The number of ether oxygens (including phenoxy) is 2. The second kappa shape index (κ2) is 6.57. The number of hydrogen-bond acceptors (Lipinski definition) is 6. The fraction of sp³-hybridized carbons (Fsp3) is 0.647. The minimum atomic E-state index is -0.276. The number of hydrogen-bond donors (Lipinski definition) is 1.